The van der Waals surface area contributed by atoms with Gasteiger partial charge in [-0.2, -0.15) is 0 Å². The van der Waals surface area contributed by atoms with Crippen LogP contribution in [0.3, 0.4) is 0 Å². The van der Waals surface area contributed by atoms with Gasteiger partial charge in [-0.05, 0) is 60.7 Å². The third kappa shape index (κ3) is 3.62. The van der Waals surface area contributed by atoms with Crippen LogP contribution >= 0.6 is 0 Å². The molecule has 0 radical (unpaired) electrons. The van der Waals surface area contributed by atoms with Crippen LogP contribution in [0.1, 0.15) is 16.7 Å². The second kappa shape index (κ2) is 7.82. The number of nitrogens with two attached hydrogens (primary N) is 1. The Bertz CT molecular complexity index is 1140. The molecule has 2 aromatic heterocycles. The molecule has 0 atom stereocenters. The first kappa shape index (κ1) is 18.2. The quantitative estimate of drug-likeness (QED) is 0.502. The number of hydrogen-bond donors (Lipinski definition) is 2. The minimum atomic E-state index is 0.0183. The average Bonchev–Trinajstić information content (AvgIpc) is 2.71. The zero-order valence-corrected chi connectivity index (χ0v) is 15.9. The van der Waals surface area contributed by atoms with E-state index >= 15 is 0 Å². The lowest BCUT2D eigenvalue weighted by Gasteiger charge is -2.11. The Labute approximate surface area is 163 Å². The van der Waals surface area contributed by atoms with Gasteiger partial charge in [-0.25, -0.2) is 4.98 Å². The number of aliphatic hydroxyl groups excluding tert-OH is 1. The Balaban J connectivity index is 1.59. The smallest absolute Gasteiger partial charge is 0.150 e. The van der Waals surface area contributed by atoms with Crippen molar-refractivity contribution in [2.75, 3.05) is 18.9 Å². The molecule has 0 aliphatic heterocycles. The van der Waals surface area contributed by atoms with Crippen molar-refractivity contribution in [1.29, 1.82) is 0 Å². The van der Waals surface area contributed by atoms with E-state index in [0.717, 1.165) is 40.4 Å². The standard InChI is InChI=1S/C23H23N3O2/c1-15-12-18(28-11-10-27)9-8-17(15)7-6-16-13-20-19-4-2-3-5-21(19)26-23(24)22(20)25-14-16/h2-5,8-9,12-14,27H,6-7,10-11H2,1H3,(H2,24,26). The lowest BCUT2D eigenvalue weighted by molar-refractivity contribution is 0.201. The maximum absolute atomic E-state index is 8.88. The molecule has 3 N–H and O–H groups in total. The molecule has 5 heteroatoms. The van der Waals surface area contributed by atoms with Gasteiger partial charge in [0.05, 0.1) is 12.1 Å². The van der Waals surface area contributed by atoms with E-state index in [4.69, 9.17) is 15.6 Å². The molecular weight excluding hydrogens is 350 g/mol. The van der Waals surface area contributed by atoms with Crippen LogP contribution in [0.2, 0.25) is 0 Å². The number of ether oxygens (including phenoxy) is 1. The maximum Gasteiger partial charge on any atom is 0.150 e. The number of fused-ring (bicyclic) bond motifs is 3. The summed E-state index contributed by atoms with van der Waals surface area (Å²) >= 11 is 0. The molecule has 0 amide bonds. The Hall–Kier alpha value is -3.18. The molecule has 0 unspecified atom stereocenters. The van der Waals surface area contributed by atoms with Gasteiger partial charge >= 0.3 is 0 Å². The predicted octanol–water partition coefficient (Wildman–Crippen LogP) is 3.83. The zero-order valence-electron chi connectivity index (χ0n) is 15.9. The van der Waals surface area contributed by atoms with E-state index in [1.165, 1.54) is 16.7 Å². The van der Waals surface area contributed by atoms with Crippen LogP contribution in [0.15, 0.2) is 54.7 Å². The van der Waals surface area contributed by atoms with E-state index in [1.807, 2.05) is 36.5 Å². The second-order valence-electron chi connectivity index (χ2n) is 6.91. The molecule has 5 nitrogen and oxygen atoms in total. The van der Waals surface area contributed by atoms with Crippen molar-refractivity contribution in [3.05, 3.63) is 71.4 Å². The minimum absolute atomic E-state index is 0.0183. The summed E-state index contributed by atoms with van der Waals surface area (Å²) in [7, 11) is 0. The predicted molar refractivity (Wildman–Crippen MR) is 113 cm³/mol. The minimum Gasteiger partial charge on any atom is -0.491 e. The largest absolute Gasteiger partial charge is 0.491 e. The van der Waals surface area contributed by atoms with E-state index in [-0.39, 0.29) is 6.61 Å². The van der Waals surface area contributed by atoms with Gasteiger partial charge in [0.25, 0.3) is 0 Å². The maximum atomic E-state index is 8.88. The van der Waals surface area contributed by atoms with Gasteiger partial charge in [0.1, 0.15) is 17.9 Å². The normalized spacial score (nSPS) is 11.2. The summed E-state index contributed by atoms with van der Waals surface area (Å²) in [4.78, 5) is 9.04. The number of aryl methyl sites for hydroxylation is 3. The number of para-hydroxylation sites is 1. The number of nitrogen functional groups attached to an aromatic ring is 1. The number of aromatic nitrogens is 2. The van der Waals surface area contributed by atoms with Crippen molar-refractivity contribution in [2.24, 2.45) is 0 Å². The Morgan fingerprint density at radius 1 is 1.04 bits per heavy atom. The van der Waals surface area contributed by atoms with Crippen molar-refractivity contribution < 1.29 is 9.84 Å². The first-order valence-electron chi connectivity index (χ1n) is 9.42. The van der Waals surface area contributed by atoms with E-state index < -0.39 is 0 Å². The van der Waals surface area contributed by atoms with Crippen LogP contribution in [0.4, 0.5) is 5.82 Å². The number of nitrogens with zero attached hydrogens (tertiary/aromatic N) is 2. The molecule has 28 heavy (non-hydrogen) atoms. The molecule has 0 saturated heterocycles. The molecule has 4 aromatic rings. The molecule has 0 aliphatic carbocycles. The van der Waals surface area contributed by atoms with Gasteiger partial charge in [-0.1, -0.05) is 24.3 Å². The molecule has 0 aliphatic rings. The van der Waals surface area contributed by atoms with E-state index in [9.17, 15) is 0 Å². The number of hydrogen-bond acceptors (Lipinski definition) is 5. The van der Waals surface area contributed by atoms with Crippen LogP contribution < -0.4 is 10.5 Å². The summed E-state index contributed by atoms with van der Waals surface area (Å²) in [6.45, 7) is 2.41. The highest BCUT2D eigenvalue weighted by Gasteiger charge is 2.09. The Morgan fingerprint density at radius 2 is 1.89 bits per heavy atom. The highest BCUT2D eigenvalue weighted by atomic mass is 16.5. The lowest BCUT2D eigenvalue weighted by Crippen LogP contribution is -2.02. The van der Waals surface area contributed by atoms with Gasteiger partial charge in [-0.15, -0.1) is 0 Å². The summed E-state index contributed by atoms with van der Waals surface area (Å²) in [5.74, 6) is 1.26. The van der Waals surface area contributed by atoms with Crippen LogP contribution in [0.25, 0.3) is 21.8 Å². The number of benzene rings is 2. The van der Waals surface area contributed by atoms with Crippen molar-refractivity contribution in [2.45, 2.75) is 19.8 Å². The van der Waals surface area contributed by atoms with Gasteiger partial charge in [0.2, 0.25) is 0 Å². The van der Waals surface area contributed by atoms with Gasteiger partial charge < -0.3 is 15.6 Å². The monoisotopic (exact) mass is 373 g/mol. The summed E-state index contributed by atoms with van der Waals surface area (Å²) in [5.41, 5.74) is 11.4. The Morgan fingerprint density at radius 3 is 2.71 bits per heavy atom. The molecule has 4 rings (SSSR count). The van der Waals surface area contributed by atoms with Crippen molar-refractivity contribution in [1.82, 2.24) is 9.97 Å². The molecule has 2 heterocycles. The van der Waals surface area contributed by atoms with Crippen LogP contribution in [0.5, 0.6) is 5.75 Å². The third-order valence-electron chi connectivity index (χ3n) is 4.98. The third-order valence-corrected chi connectivity index (χ3v) is 4.98. The van der Waals surface area contributed by atoms with Gasteiger partial charge in [-0.3, -0.25) is 4.98 Å². The number of anilines is 1. The number of rotatable bonds is 6. The van der Waals surface area contributed by atoms with Gasteiger partial charge in [0, 0.05) is 17.0 Å². The summed E-state index contributed by atoms with van der Waals surface area (Å²) in [6, 6.07) is 16.3. The molecule has 2 aromatic carbocycles. The zero-order chi connectivity index (χ0) is 19.5. The molecule has 0 spiro atoms. The average molecular weight is 373 g/mol. The topological polar surface area (TPSA) is 81.3 Å². The van der Waals surface area contributed by atoms with E-state index in [2.05, 4.69) is 35.1 Å². The lowest BCUT2D eigenvalue weighted by atomic mass is 10.00. The molecule has 142 valence electrons. The summed E-state index contributed by atoms with van der Waals surface area (Å²) in [6.07, 6.45) is 3.69. The highest BCUT2D eigenvalue weighted by Crippen LogP contribution is 2.27. The summed E-state index contributed by atoms with van der Waals surface area (Å²) < 4.78 is 5.48. The fourth-order valence-electron chi connectivity index (χ4n) is 3.52. The first-order chi connectivity index (χ1) is 13.7. The van der Waals surface area contributed by atoms with Gasteiger partial charge in [0.15, 0.2) is 5.82 Å². The fourth-order valence-corrected chi connectivity index (χ4v) is 3.52. The van der Waals surface area contributed by atoms with Crippen LogP contribution in [-0.2, 0) is 12.8 Å². The highest BCUT2D eigenvalue weighted by molar-refractivity contribution is 6.08. The molecule has 0 bridgehead atoms. The van der Waals surface area contributed by atoms with E-state index in [1.54, 1.807) is 0 Å². The fraction of sp³-hybridized carbons (Fsp3) is 0.217. The van der Waals surface area contributed by atoms with Crippen molar-refractivity contribution in [3.8, 4) is 5.75 Å². The van der Waals surface area contributed by atoms with Crippen LogP contribution in [0, 0.1) is 6.92 Å². The second-order valence-corrected chi connectivity index (χ2v) is 6.91. The Kier molecular flexibility index (Phi) is 5.08. The number of aliphatic hydroxyl groups is 1. The first-order valence-corrected chi connectivity index (χ1v) is 9.42. The van der Waals surface area contributed by atoms with E-state index in [0.29, 0.717) is 12.4 Å². The summed E-state index contributed by atoms with van der Waals surface area (Å²) in [5, 5.41) is 11.0. The SMILES string of the molecule is Cc1cc(OCCO)ccc1CCc1cnc2c(N)nc3ccccc3c2c1. The number of pyridine rings is 2. The molecule has 0 saturated carbocycles. The molecular formula is C23H23N3O2. The van der Waals surface area contributed by atoms with Crippen molar-refractivity contribution >= 4 is 27.6 Å². The van der Waals surface area contributed by atoms with Crippen molar-refractivity contribution in [3.63, 3.8) is 0 Å². The molecule has 0 fully saturated rings. The van der Waals surface area contributed by atoms with Crippen LogP contribution in [-0.4, -0.2) is 28.3 Å².